The Kier molecular flexibility index (Phi) is 5.49. The molecule has 0 saturated carbocycles. The second-order valence-electron chi connectivity index (χ2n) is 5.97. The number of aryl methyl sites for hydroxylation is 1. The van der Waals surface area contributed by atoms with E-state index in [1.165, 1.54) is 4.90 Å². The predicted octanol–water partition coefficient (Wildman–Crippen LogP) is 2.33. The quantitative estimate of drug-likeness (QED) is 0.802. The van der Waals surface area contributed by atoms with E-state index < -0.39 is 37.1 Å². The van der Waals surface area contributed by atoms with E-state index in [0.29, 0.717) is 12.0 Å². The fourth-order valence-electron chi connectivity index (χ4n) is 2.75. The van der Waals surface area contributed by atoms with Gasteiger partial charge in [-0.25, -0.2) is 8.78 Å². The summed E-state index contributed by atoms with van der Waals surface area (Å²) in [5.74, 6) is -4.91. The van der Waals surface area contributed by atoms with Gasteiger partial charge in [-0.05, 0) is 24.5 Å². The van der Waals surface area contributed by atoms with Crippen molar-refractivity contribution >= 4 is 5.91 Å². The Morgan fingerprint density at radius 1 is 1.42 bits per heavy atom. The van der Waals surface area contributed by atoms with Crippen molar-refractivity contribution in [2.45, 2.75) is 31.3 Å². The molecule has 0 radical (unpaired) electrons. The average Bonchev–Trinajstić information content (AvgIpc) is 2.91. The highest BCUT2D eigenvalue weighted by atomic mass is 19.3. The summed E-state index contributed by atoms with van der Waals surface area (Å²) in [6, 6.07) is 7.22. The van der Waals surface area contributed by atoms with Crippen molar-refractivity contribution in [3.63, 3.8) is 0 Å². The number of amides is 1. The lowest BCUT2D eigenvalue weighted by Crippen LogP contribution is -2.38. The van der Waals surface area contributed by atoms with Gasteiger partial charge in [0.1, 0.15) is 18.8 Å². The molecule has 1 atom stereocenters. The van der Waals surface area contributed by atoms with Crippen molar-refractivity contribution in [2.75, 3.05) is 26.3 Å². The lowest BCUT2D eigenvalue weighted by molar-refractivity contribution is -0.170. The number of likely N-dealkylation sites (tertiary alicyclic amines) is 1. The molecule has 134 valence electrons. The Bertz CT molecular complexity index is 596. The summed E-state index contributed by atoms with van der Waals surface area (Å²) >= 11 is 0. The molecule has 1 heterocycles. The van der Waals surface area contributed by atoms with Gasteiger partial charge in [0.25, 0.3) is 0 Å². The summed E-state index contributed by atoms with van der Waals surface area (Å²) in [6.45, 7) is -0.171. The van der Waals surface area contributed by atoms with E-state index in [-0.39, 0.29) is 13.1 Å². The first-order chi connectivity index (χ1) is 11.2. The van der Waals surface area contributed by atoms with Crippen molar-refractivity contribution in [2.24, 2.45) is 0 Å². The number of carbonyl (C=O) groups is 1. The van der Waals surface area contributed by atoms with Crippen LogP contribution in [0.4, 0.5) is 17.6 Å². The summed E-state index contributed by atoms with van der Waals surface area (Å²) in [7, 11) is 0. The number of halogens is 4. The van der Waals surface area contributed by atoms with Crippen LogP contribution in [0.25, 0.3) is 0 Å². The second-order valence-corrected chi connectivity index (χ2v) is 5.97. The smallest absolute Gasteiger partial charge is 0.330 e. The largest absolute Gasteiger partial charge is 0.383 e. The third kappa shape index (κ3) is 4.05. The monoisotopic (exact) mass is 349 g/mol. The van der Waals surface area contributed by atoms with Gasteiger partial charge in [0.05, 0.1) is 6.54 Å². The first-order valence-corrected chi connectivity index (χ1v) is 7.46. The SMILES string of the molecule is Cc1ccccc1C1(O)CCN(C(=O)COCC(F)(F)C(F)F)C1. The number of hydrogen-bond donors (Lipinski definition) is 1. The molecule has 1 fully saturated rings. The highest BCUT2D eigenvalue weighted by Crippen LogP contribution is 2.33. The molecule has 0 bridgehead atoms. The van der Waals surface area contributed by atoms with Crippen LogP contribution in [0, 0.1) is 6.92 Å². The summed E-state index contributed by atoms with van der Waals surface area (Å²) in [5, 5.41) is 10.7. The summed E-state index contributed by atoms with van der Waals surface area (Å²) < 4.78 is 53.9. The molecular formula is C16H19F4NO3. The maximum absolute atomic E-state index is 12.7. The van der Waals surface area contributed by atoms with E-state index in [0.717, 1.165) is 5.56 Å². The first-order valence-electron chi connectivity index (χ1n) is 7.46. The molecule has 1 aliphatic rings. The third-order valence-electron chi connectivity index (χ3n) is 4.09. The predicted molar refractivity (Wildman–Crippen MR) is 78.0 cm³/mol. The van der Waals surface area contributed by atoms with Gasteiger partial charge in [-0.15, -0.1) is 0 Å². The Balaban J connectivity index is 1.91. The summed E-state index contributed by atoms with van der Waals surface area (Å²) in [6.07, 6.45) is -3.54. The number of carbonyl (C=O) groups excluding carboxylic acids is 1. The van der Waals surface area contributed by atoms with Gasteiger partial charge >= 0.3 is 12.3 Å². The molecular weight excluding hydrogens is 330 g/mol. The van der Waals surface area contributed by atoms with Crippen molar-refractivity contribution in [3.8, 4) is 0 Å². The third-order valence-corrected chi connectivity index (χ3v) is 4.09. The van der Waals surface area contributed by atoms with Crippen LogP contribution in [0.1, 0.15) is 17.5 Å². The fraction of sp³-hybridized carbons (Fsp3) is 0.562. The van der Waals surface area contributed by atoms with E-state index in [1.807, 2.05) is 19.1 Å². The Morgan fingerprint density at radius 2 is 2.08 bits per heavy atom. The number of benzene rings is 1. The van der Waals surface area contributed by atoms with Gasteiger partial charge in [0.15, 0.2) is 0 Å². The van der Waals surface area contributed by atoms with Crippen LogP contribution in [-0.4, -0.2) is 54.6 Å². The minimum absolute atomic E-state index is 0.00524. The van der Waals surface area contributed by atoms with Crippen LogP contribution in [0.15, 0.2) is 24.3 Å². The summed E-state index contributed by atoms with van der Waals surface area (Å²) in [5.41, 5.74) is 0.362. The van der Waals surface area contributed by atoms with Crippen LogP contribution in [0.3, 0.4) is 0 Å². The number of β-amino-alcohol motifs (C(OH)–C–C–N with tert-alkyl or cyclic N) is 1. The molecule has 0 aromatic heterocycles. The molecule has 1 aromatic rings. The zero-order chi connectivity index (χ0) is 18.0. The van der Waals surface area contributed by atoms with Crippen LogP contribution in [-0.2, 0) is 15.1 Å². The van der Waals surface area contributed by atoms with E-state index in [4.69, 9.17) is 0 Å². The van der Waals surface area contributed by atoms with Gasteiger partial charge in [0, 0.05) is 6.54 Å². The zero-order valence-electron chi connectivity index (χ0n) is 13.1. The van der Waals surface area contributed by atoms with E-state index in [9.17, 15) is 27.5 Å². The Morgan fingerprint density at radius 3 is 2.71 bits per heavy atom. The van der Waals surface area contributed by atoms with Gasteiger partial charge in [-0.1, -0.05) is 24.3 Å². The van der Waals surface area contributed by atoms with Crippen molar-refractivity contribution in [1.29, 1.82) is 0 Å². The molecule has 24 heavy (non-hydrogen) atoms. The highest BCUT2D eigenvalue weighted by molar-refractivity contribution is 5.78. The first kappa shape index (κ1) is 18.7. The highest BCUT2D eigenvalue weighted by Gasteiger charge is 2.42. The molecule has 1 aliphatic heterocycles. The topological polar surface area (TPSA) is 49.8 Å². The van der Waals surface area contributed by atoms with Crippen molar-refractivity contribution < 1.29 is 32.2 Å². The van der Waals surface area contributed by atoms with Crippen LogP contribution in [0.5, 0.6) is 0 Å². The maximum Gasteiger partial charge on any atom is 0.330 e. The van der Waals surface area contributed by atoms with Gasteiger partial charge in [0.2, 0.25) is 5.91 Å². The van der Waals surface area contributed by atoms with Crippen molar-refractivity contribution in [1.82, 2.24) is 4.90 Å². The molecule has 8 heteroatoms. The second kappa shape index (κ2) is 7.06. The molecule has 0 aliphatic carbocycles. The number of nitrogens with zero attached hydrogens (tertiary/aromatic N) is 1. The average molecular weight is 349 g/mol. The number of aliphatic hydroxyl groups is 1. The summed E-state index contributed by atoms with van der Waals surface area (Å²) in [4.78, 5) is 13.2. The minimum Gasteiger partial charge on any atom is -0.383 e. The van der Waals surface area contributed by atoms with Gasteiger partial charge in [-0.2, -0.15) is 8.78 Å². The van der Waals surface area contributed by atoms with E-state index in [2.05, 4.69) is 4.74 Å². The molecule has 1 unspecified atom stereocenters. The Hall–Kier alpha value is -1.67. The molecule has 1 amide bonds. The molecule has 4 nitrogen and oxygen atoms in total. The van der Waals surface area contributed by atoms with E-state index >= 15 is 0 Å². The fourth-order valence-corrected chi connectivity index (χ4v) is 2.75. The molecule has 1 N–H and O–H groups in total. The number of rotatable bonds is 6. The molecule has 1 saturated heterocycles. The van der Waals surface area contributed by atoms with Gasteiger partial charge in [-0.3, -0.25) is 4.79 Å². The zero-order valence-corrected chi connectivity index (χ0v) is 13.1. The van der Waals surface area contributed by atoms with Crippen LogP contribution in [0.2, 0.25) is 0 Å². The minimum atomic E-state index is -4.28. The number of ether oxygens (including phenoxy) is 1. The van der Waals surface area contributed by atoms with Crippen LogP contribution < -0.4 is 0 Å². The normalized spacial score (nSPS) is 21.5. The number of hydrogen-bond acceptors (Lipinski definition) is 3. The van der Waals surface area contributed by atoms with Crippen molar-refractivity contribution in [3.05, 3.63) is 35.4 Å². The van der Waals surface area contributed by atoms with E-state index in [1.54, 1.807) is 12.1 Å². The van der Waals surface area contributed by atoms with Crippen LogP contribution >= 0.6 is 0 Å². The lowest BCUT2D eigenvalue weighted by Gasteiger charge is -2.25. The molecule has 0 spiro atoms. The molecule has 1 aromatic carbocycles. The maximum atomic E-state index is 12.7. The van der Waals surface area contributed by atoms with Gasteiger partial charge < -0.3 is 14.7 Å². The Labute approximate surface area is 137 Å². The number of alkyl halides is 4. The lowest BCUT2D eigenvalue weighted by atomic mass is 9.89. The standard InChI is InChI=1S/C16H19F4NO3/c1-11-4-2-3-5-12(11)15(23)6-7-21(9-15)13(22)8-24-10-16(19,20)14(17)18/h2-5,14,23H,6-10H2,1H3. The molecule has 2 rings (SSSR count).